The Bertz CT molecular complexity index is 473. The minimum Gasteiger partial charge on any atom is -0.506 e. The van der Waals surface area contributed by atoms with Crippen LogP contribution in [-0.4, -0.2) is 25.3 Å². The molecule has 0 saturated carbocycles. The molecular formula is C7H6N4O2. The van der Waals surface area contributed by atoms with Gasteiger partial charge in [-0.05, 0) is 22.6 Å². The first-order valence-electron chi connectivity index (χ1n) is 3.58. The summed E-state index contributed by atoms with van der Waals surface area (Å²) in [6.45, 7) is 0. The molecule has 0 aliphatic rings. The van der Waals surface area contributed by atoms with Crippen molar-refractivity contribution in [1.82, 2.24) is 20.2 Å². The van der Waals surface area contributed by atoms with Gasteiger partial charge in [-0.3, -0.25) is 0 Å². The van der Waals surface area contributed by atoms with Crippen LogP contribution in [0.2, 0.25) is 0 Å². The van der Waals surface area contributed by atoms with Gasteiger partial charge in [0, 0.05) is 0 Å². The zero-order chi connectivity index (χ0) is 9.26. The summed E-state index contributed by atoms with van der Waals surface area (Å²) >= 11 is 0. The number of hydrogen-bond donors (Lipinski definition) is 2. The number of hydrogen-bond acceptors (Lipinski definition) is 4. The van der Waals surface area contributed by atoms with Gasteiger partial charge in [0.25, 0.3) is 0 Å². The Kier molecular flexibility index (Phi) is 1.59. The Labute approximate surface area is 72.4 Å². The predicted octanol–water partition coefficient (Wildman–Crippen LogP) is -0.339. The summed E-state index contributed by atoms with van der Waals surface area (Å²) < 4.78 is 0.981. The van der Waals surface area contributed by atoms with Gasteiger partial charge in [-0.15, -0.1) is 0 Å². The third-order valence-corrected chi connectivity index (χ3v) is 1.58. The Hall–Kier alpha value is -2.11. The molecule has 0 fully saturated rings. The third-order valence-electron chi connectivity index (χ3n) is 1.58. The normalized spacial score (nSPS) is 10.2. The van der Waals surface area contributed by atoms with Crippen LogP contribution in [0, 0.1) is 0 Å². The molecule has 1 aromatic heterocycles. The monoisotopic (exact) mass is 178 g/mol. The van der Waals surface area contributed by atoms with Gasteiger partial charge in [-0.1, -0.05) is 12.1 Å². The lowest BCUT2D eigenvalue weighted by Gasteiger charge is -1.99. The molecule has 0 radical (unpaired) electrons. The molecule has 13 heavy (non-hydrogen) atoms. The molecule has 2 N–H and O–H groups in total. The van der Waals surface area contributed by atoms with Crippen molar-refractivity contribution in [2.75, 3.05) is 0 Å². The maximum absolute atomic E-state index is 11.0. The van der Waals surface area contributed by atoms with Crippen LogP contribution in [0.4, 0.5) is 0 Å². The predicted molar refractivity (Wildman–Crippen MR) is 43.6 cm³/mol. The minimum absolute atomic E-state index is 0.0153. The van der Waals surface area contributed by atoms with Gasteiger partial charge in [0.2, 0.25) is 0 Å². The van der Waals surface area contributed by atoms with Crippen LogP contribution >= 0.6 is 0 Å². The van der Waals surface area contributed by atoms with E-state index in [0.29, 0.717) is 5.69 Å². The van der Waals surface area contributed by atoms with Crippen molar-refractivity contribution in [2.24, 2.45) is 0 Å². The zero-order valence-electron chi connectivity index (χ0n) is 6.51. The zero-order valence-corrected chi connectivity index (χ0v) is 6.51. The summed E-state index contributed by atoms with van der Waals surface area (Å²) in [6.07, 6.45) is 0. The Balaban J connectivity index is 2.66. The van der Waals surface area contributed by atoms with E-state index in [9.17, 15) is 9.90 Å². The maximum atomic E-state index is 11.0. The van der Waals surface area contributed by atoms with Crippen LogP contribution in [0.1, 0.15) is 0 Å². The maximum Gasteiger partial charge on any atom is 0.365 e. The molecule has 66 valence electrons. The van der Waals surface area contributed by atoms with Crippen molar-refractivity contribution < 1.29 is 5.11 Å². The van der Waals surface area contributed by atoms with E-state index < -0.39 is 5.69 Å². The lowest BCUT2D eigenvalue weighted by molar-refractivity contribution is 0.469. The molecule has 0 amide bonds. The van der Waals surface area contributed by atoms with E-state index in [4.69, 9.17) is 0 Å². The van der Waals surface area contributed by atoms with Gasteiger partial charge in [0.15, 0.2) is 0 Å². The first kappa shape index (κ1) is 7.53. The quantitative estimate of drug-likeness (QED) is 0.625. The lowest BCUT2D eigenvalue weighted by Crippen LogP contribution is -2.15. The number of tetrazole rings is 1. The van der Waals surface area contributed by atoms with E-state index in [1.165, 1.54) is 6.07 Å². The topological polar surface area (TPSA) is 83.8 Å². The molecule has 0 aliphatic heterocycles. The molecule has 0 aliphatic carbocycles. The summed E-state index contributed by atoms with van der Waals surface area (Å²) in [7, 11) is 0. The number of para-hydroxylation sites is 2. The second-order valence-corrected chi connectivity index (χ2v) is 2.41. The van der Waals surface area contributed by atoms with Crippen LogP contribution in [0.3, 0.4) is 0 Å². The van der Waals surface area contributed by atoms with Crippen molar-refractivity contribution in [1.29, 1.82) is 0 Å². The van der Waals surface area contributed by atoms with Crippen molar-refractivity contribution in [3.05, 3.63) is 34.7 Å². The van der Waals surface area contributed by atoms with Gasteiger partial charge in [-0.25, -0.2) is 9.89 Å². The summed E-state index contributed by atoms with van der Waals surface area (Å²) in [5.41, 5.74) is -0.178. The first-order chi connectivity index (χ1) is 6.29. The molecule has 6 heteroatoms. The van der Waals surface area contributed by atoms with Crippen molar-refractivity contribution in [3.8, 4) is 11.4 Å². The third kappa shape index (κ3) is 1.18. The number of aromatic nitrogens is 4. The van der Waals surface area contributed by atoms with E-state index in [0.717, 1.165) is 4.68 Å². The number of H-pyrrole nitrogens is 1. The molecule has 0 bridgehead atoms. The number of nitrogens with zero attached hydrogens (tertiary/aromatic N) is 3. The molecule has 1 heterocycles. The van der Waals surface area contributed by atoms with Crippen LogP contribution in [0.5, 0.6) is 5.75 Å². The molecule has 0 atom stereocenters. The molecule has 0 saturated heterocycles. The highest BCUT2D eigenvalue weighted by molar-refractivity contribution is 5.43. The molecule has 2 aromatic rings. The minimum atomic E-state index is -0.485. The van der Waals surface area contributed by atoms with Gasteiger partial charge in [0.05, 0.1) is 0 Å². The van der Waals surface area contributed by atoms with Gasteiger partial charge in [-0.2, -0.15) is 4.68 Å². The Morgan fingerprint density at radius 3 is 2.77 bits per heavy atom. The van der Waals surface area contributed by atoms with E-state index in [1.54, 1.807) is 18.2 Å². The van der Waals surface area contributed by atoms with Crippen LogP contribution in [0.15, 0.2) is 29.1 Å². The standard InChI is InChI=1S/C7H6N4O2/c12-6-4-2-1-3-5(6)11-7(13)8-9-10-11/h1-4,12H,(H,8,10,13). The van der Waals surface area contributed by atoms with Crippen LogP contribution in [0.25, 0.3) is 5.69 Å². The first-order valence-corrected chi connectivity index (χ1v) is 3.58. The average molecular weight is 178 g/mol. The second kappa shape index (κ2) is 2.74. The van der Waals surface area contributed by atoms with E-state index in [-0.39, 0.29) is 5.75 Å². The SMILES string of the molecule is O=c1[nH]nnn1-c1ccccc1O. The smallest absolute Gasteiger partial charge is 0.365 e. The Morgan fingerprint density at radius 2 is 2.15 bits per heavy atom. The number of aromatic amines is 1. The van der Waals surface area contributed by atoms with E-state index >= 15 is 0 Å². The molecule has 2 rings (SSSR count). The fraction of sp³-hybridized carbons (Fsp3) is 0. The van der Waals surface area contributed by atoms with E-state index in [2.05, 4.69) is 15.5 Å². The number of rotatable bonds is 1. The van der Waals surface area contributed by atoms with Crippen molar-refractivity contribution in [3.63, 3.8) is 0 Å². The number of nitrogens with one attached hydrogen (secondary N) is 1. The fourth-order valence-corrected chi connectivity index (χ4v) is 0.999. The molecule has 0 spiro atoms. The number of phenolic OH excluding ortho intramolecular Hbond substituents is 1. The van der Waals surface area contributed by atoms with Gasteiger partial charge < -0.3 is 5.11 Å². The molecule has 0 unspecified atom stereocenters. The van der Waals surface area contributed by atoms with Crippen molar-refractivity contribution >= 4 is 0 Å². The summed E-state index contributed by atoms with van der Waals surface area (Å²) in [5, 5.41) is 18.3. The molecule has 1 aromatic carbocycles. The fourth-order valence-electron chi connectivity index (χ4n) is 0.999. The Morgan fingerprint density at radius 1 is 1.38 bits per heavy atom. The number of phenols is 1. The molecular weight excluding hydrogens is 172 g/mol. The van der Waals surface area contributed by atoms with Gasteiger partial charge in [0.1, 0.15) is 11.4 Å². The van der Waals surface area contributed by atoms with E-state index in [1.807, 2.05) is 0 Å². The lowest BCUT2D eigenvalue weighted by atomic mass is 10.3. The van der Waals surface area contributed by atoms with Crippen LogP contribution < -0.4 is 5.69 Å². The van der Waals surface area contributed by atoms with Gasteiger partial charge >= 0.3 is 5.69 Å². The van der Waals surface area contributed by atoms with Crippen molar-refractivity contribution in [2.45, 2.75) is 0 Å². The number of aromatic hydroxyl groups is 1. The second-order valence-electron chi connectivity index (χ2n) is 2.41. The summed E-state index contributed by atoms with van der Waals surface area (Å²) in [5.74, 6) is -0.0153. The van der Waals surface area contributed by atoms with Crippen LogP contribution in [-0.2, 0) is 0 Å². The average Bonchev–Trinajstić information content (AvgIpc) is 2.52. The summed E-state index contributed by atoms with van der Waals surface area (Å²) in [4.78, 5) is 11.0. The summed E-state index contributed by atoms with van der Waals surface area (Å²) in [6, 6.07) is 6.38. The highest BCUT2D eigenvalue weighted by Gasteiger charge is 2.06. The highest BCUT2D eigenvalue weighted by atomic mass is 16.3. The molecule has 6 nitrogen and oxygen atoms in total. The highest BCUT2D eigenvalue weighted by Crippen LogP contribution is 2.17. The number of benzene rings is 1. The largest absolute Gasteiger partial charge is 0.506 e.